The Bertz CT molecular complexity index is 398. The largest absolute Gasteiger partial charge is 0.380 e. The number of aliphatic imine (C=N–C) groups is 1. The third kappa shape index (κ3) is 9.26. The van der Waals surface area contributed by atoms with Gasteiger partial charge in [0.2, 0.25) is 0 Å². The number of hydrogen-bond acceptors (Lipinski definition) is 4. The van der Waals surface area contributed by atoms with Gasteiger partial charge in [-0.3, -0.25) is 4.99 Å². The highest BCUT2D eigenvalue weighted by Crippen LogP contribution is 2.12. The maximum Gasteiger partial charge on any atom is 0.191 e. The molecule has 0 aliphatic rings. The average molecular weight is 426 g/mol. The van der Waals surface area contributed by atoms with Crippen LogP contribution in [0, 0.1) is 0 Å². The maximum absolute atomic E-state index is 5.49. The molecule has 0 saturated carbocycles. The molecule has 0 fully saturated rings. The van der Waals surface area contributed by atoms with Gasteiger partial charge in [0.15, 0.2) is 5.96 Å². The molecular formula is C14H27IN4OS. The van der Waals surface area contributed by atoms with Crippen molar-refractivity contribution in [1.29, 1.82) is 0 Å². The Morgan fingerprint density at radius 1 is 1.33 bits per heavy atom. The fourth-order valence-electron chi connectivity index (χ4n) is 1.56. The van der Waals surface area contributed by atoms with E-state index in [2.05, 4.69) is 34.5 Å². The fraction of sp³-hybridized carbons (Fsp3) is 0.714. The lowest BCUT2D eigenvalue weighted by molar-refractivity contribution is 0.136. The van der Waals surface area contributed by atoms with Gasteiger partial charge in [-0.2, -0.15) is 0 Å². The first-order valence-electron chi connectivity index (χ1n) is 7.26. The molecule has 0 bridgehead atoms. The van der Waals surface area contributed by atoms with Gasteiger partial charge in [0.1, 0.15) is 5.01 Å². The Kier molecular flexibility index (Phi) is 13.0. The summed E-state index contributed by atoms with van der Waals surface area (Å²) >= 11 is 1.74. The topological polar surface area (TPSA) is 58.5 Å². The zero-order chi connectivity index (χ0) is 14.6. The summed E-state index contributed by atoms with van der Waals surface area (Å²) in [7, 11) is 1.77. The molecule has 0 radical (unpaired) electrons. The van der Waals surface area contributed by atoms with Gasteiger partial charge in [-0.25, -0.2) is 4.98 Å². The number of unbranched alkanes of at least 4 members (excludes halogenated alkanes) is 1. The summed E-state index contributed by atoms with van der Waals surface area (Å²) < 4.78 is 5.49. The number of nitrogens with zero attached hydrogens (tertiary/aromatic N) is 2. The number of hydrogen-bond donors (Lipinski definition) is 2. The summed E-state index contributed by atoms with van der Waals surface area (Å²) in [5.41, 5.74) is 0. The van der Waals surface area contributed by atoms with Crippen molar-refractivity contribution in [2.24, 2.45) is 4.99 Å². The van der Waals surface area contributed by atoms with Crippen LogP contribution in [0.1, 0.15) is 36.6 Å². The van der Waals surface area contributed by atoms with Gasteiger partial charge in [0.05, 0.1) is 13.2 Å². The Morgan fingerprint density at radius 2 is 2.14 bits per heavy atom. The molecule has 1 aromatic rings. The molecule has 0 spiro atoms. The monoisotopic (exact) mass is 426 g/mol. The summed E-state index contributed by atoms with van der Waals surface area (Å²) in [6, 6.07) is 0. The third-order valence-corrected chi connectivity index (χ3v) is 3.90. The van der Waals surface area contributed by atoms with E-state index in [0.29, 0.717) is 13.2 Å². The summed E-state index contributed by atoms with van der Waals surface area (Å²) in [4.78, 5) is 9.87. The normalized spacial score (nSPS) is 11.1. The number of halogens is 1. The second-order valence-electron chi connectivity index (χ2n) is 4.39. The van der Waals surface area contributed by atoms with Gasteiger partial charge in [-0.05, 0) is 12.8 Å². The van der Waals surface area contributed by atoms with Crippen LogP contribution in [-0.4, -0.2) is 37.7 Å². The highest BCUT2D eigenvalue weighted by molar-refractivity contribution is 14.0. The first-order chi connectivity index (χ1) is 9.80. The Balaban J connectivity index is 0.00000400. The van der Waals surface area contributed by atoms with Crippen molar-refractivity contribution in [2.75, 3.05) is 26.8 Å². The number of nitrogens with one attached hydrogen (secondary N) is 2. The molecule has 0 saturated heterocycles. The van der Waals surface area contributed by atoms with Crippen LogP contribution < -0.4 is 10.6 Å². The maximum atomic E-state index is 5.49. The molecule has 1 heterocycles. The molecule has 21 heavy (non-hydrogen) atoms. The molecule has 5 nitrogen and oxygen atoms in total. The second kappa shape index (κ2) is 13.3. The first-order valence-corrected chi connectivity index (χ1v) is 8.07. The van der Waals surface area contributed by atoms with Crippen LogP contribution in [0.4, 0.5) is 0 Å². The molecule has 0 atom stereocenters. The summed E-state index contributed by atoms with van der Waals surface area (Å²) in [5.74, 6) is 0.789. The summed E-state index contributed by atoms with van der Waals surface area (Å²) in [6.45, 7) is 7.32. The van der Waals surface area contributed by atoms with Crippen molar-refractivity contribution >= 4 is 41.3 Å². The minimum Gasteiger partial charge on any atom is -0.380 e. The molecule has 122 valence electrons. The van der Waals surface area contributed by atoms with Crippen molar-refractivity contribution in [3.8, 4) is 0 Å². The lowest BCUT2D eigenvalue weighted by Gasteiger charge is -2.11. The highest BCUT2D eigenvalue weighted by atomic mass is 127. The molecule has 2 N–H and O–H groups in total. The number of rotatable bonds is 9. The van der Waals surface area contributed by atoms with E-state index in [-0.39, 0.29) is 24.0 Å². The van der Waals surface area contributed by atoms with E-state index in [1.807, 2.05) is 6.20 Å². The predicted octanol–water partition coefficient (Wildman–Crippen LogP) is 2.81. The molecule has 0 unspecified atom stereocenters. The molecule has 7 heteroatoms. The third-order valence-electron chi connectivity index (χ3n) is 2.76. The molecule has 0 aliphatic carbocycles. The van der Waals surface area contributed by atoms with Gasteiger partial charge in [0.25, 0.3) is 0 Å². The smallest absolute Gasteiger partial charge is 0.191 e. The van der Waals surface area contributed by atoms with Crippen molar-refractivity contribution in [3.05, 3.63) is 16.1 Å². The van der Waals surface area contributed by atoms with E-state index in [1.54, 1.807) is 18.4 Å². The quantitative estimate of drug-likeness (QED) is 0.276. The minimum atomic E-state index is 0. The zero-order valence-electron chi connectivity index (χ0n) is 13.1. The fourth-order valence-corrected chi connectivity index (χ4v) is 2.37. The Morgan fingerprint density at radius 3 is 2.76 bits per heavy atom. The predicted molar refractivity (Wildman–Crippen MR) is 101 cm³/mol. The van der Waals surface area contributed by atoms with Gasteiger partial charge in [-0.1, -0.05) is 20.3 Å². The number of ether oxygens (including phenoxy) is 1. The van der Waals surface area contributed by atoms with E-state index in [9.17, 15) is 0 Å². The molecule has 1 rings (SSSR count). The van der Waals surface area contributed by atoms with Crippen molar-refractivity contribution in [1.82, 2.24) is 15.6 Å². The molecule has 0 amide bonds. The Hall–Kier alpha value is -0.410. The lowest BCUT2D eigenvalue weighted by Crippen LogP contribution is -2.38. The van der Waals surface area contributed by atoms with E-state index in [4.69, 9.17) is 4.74 Å². The molecule has 0 aliphatic heterocycles. The van der Waals surface area contributed by atoms with Crippen molar-refractivity contribution < 1.29 is 4.74 Å². The molecule has 0 aromatic carbocycles. The molecular weight excluding hydrogens is 399 g/mol. The summed E-state index contributed by atoms with van der Waals surface area (Å²) in [5, 5.41) is 7.57. The van der Waals surface area contributed by atoms with Crippen LogP contribution in [0.3, 0.4) is 0 Å². The number of guanidine groups is 1. The van der Waals surface area contributed by atoms with Crippen LogP contribution in [0.2, 0.25) is 0 Å². The van der Waals surface area contributed by atoms with Gasteiger partial charge in [-0.15, -0.1) is 35.3 Å². The Labute approximate surface area is 149 Å². The highest BCUT2D eigenvalue weighted by Gasteiger charge is 2.02. The van der Waals surface area contributed by atoms with Gasteiger partial charge in [0, 0.05) is 31.3 Å². The first kappa shape index (κ1) is 20.6. The van der Waals surface area contributed by atoms with Crippen LogP contribution in [0.5, 0.6) is 0 Å². The van der Waals surface area contributed by atoms with Crippen molar-refractivity contribution in [3.63, 3.8) is 0 Å². The van der Waals surface area contributed by atoms with Crippen molar-refractivity contribution in [2.45, 2.75) is 39.7 Å². The lowest BCUT2D eigenvalue weighted by atomic mass is 10.4. The van der Waals surface area contributed by atoms with E-state index >= 15 is 0 Å². The standard InChI is InChI=1S/C14H26N4OS.HI/c1-4-6-8-19-9-7-16-14(15-3)18-11-13-17-10-12(5-2)20-13;/h10H,4-9,11H2,1-3H3,(H2,15,16,18);1H. The second-order valence-corrected chi connectivity index (χ2v) is 5.59. The van der Waals surface area contributed by atoms with Crippen LogP contribution >= 0.6 is 35.3 Å². The average Bonchev–Trinajstić information content (AvgIpc) is 2.94. The van der Waals surface area contributed by atoms with Gasteiger partial charge >= 0.3 is 0 Å². The van der Waals surface area contributed by atoms with E-state index in [1.165, 1.54) is 11.3 Å². The number of aryl methyl sites for hydroxylation is 1. The summed E-state index contributed by atoms with van der Waals surface area (Å²) in [6.07, 6.45) is 5.28. The van der Waals surface area contributed by atoms with E-state index in [0.717, 1.165) is 37.0 Å². The minimum absolute atomic E-state index is 0. The number of thiazole rings is 1. The molecule has 1 aromatic heterocycles. The van der Waals surface area contributed by atoms with E-state index < -0.39 is 0 Å². The SMILES string of the molecule is CCCCOCCNC(=NC)NCc1ncc(CC)s1.I. The van der Waals surface area contributed by atoms with Gasteiger partial charge < -0.3 is 15.4 Å². The van der Waals surface area contributed by atoms with Crippen LogP contribution in [-0.2, 0) is 17.7 Å². The zero-order valence-corrected chi connectivity index (χ0v) is 16.3. The number of aromatic nitrogens is 1. The van der Waals surface area contributed by atoms with Crippen LogP contribution in [0.25, 0.3) is 0 Å². The van der Waals surface area contributed by atoms with Crippen LogP contribution in [0.15, 0.2) is 11.2 Å².